The smallest absolute Gasteiger partial charge is 0.261 e. The molecule has 2 amide bonds. The Kier molecular flexibility index (Phi) is 7.64. The first-order valence-corrected chi connectivity index (χ1v) is 10.5. The average molecular weight is 480 g/mol. The topological polar surface area (TPSA) is 114 Å². The number of methoxy groups -OCH3 is 1. The van der Waals surface area contributed by atoms with Crippen molar-refractivity contribution in [3.8, 4) is 18.1 Å². The number of rotatable bonds is 8. The van der Waals surface area contributed by atoms with Crippen molar-refractivity contribution in [1.82, 2.24) is 10.6 Å². The molecule has 2 rings (SSSR count). The minimum Gasteiger partial charge on any atom is -0.496 e. The van der Waals surface area contributed by atoms with E-state index in [1.54, 1.807) is 18.2 Å². The van der Waals surface area contributed by atoms with E-state index >= 15 is 0 Å². The number of carbonyl (C=O) groups is 2. The monoisotopic (exact) mass is 479 g/mol. The zero-order valence-electron chi connectivity index (χ0n) is 15.4. The van der Waals surface area contributed by atoms with Crippen LogP contribution in [0.25, 0.3) is 0 Å². The number of amides is 2. The predicted octanol–water partition coefficient (Wildman–Crippen LogP) is 1.74. The first kappa shape index (κ1) is 22.3. The van der Waals surface area contributed by atoms with Crippen LogP contribution in [0.1, 0.15) is 10.4 Å². The van der Waals surface area contributed by atoms with E-state index in [1.807, 2.05) is 0 Å². The van der Waals surface area contributed by atoms with Crippen molar-refractivity contribution >= 4 is 43.5 Å². The molecule has 8 nitrogen and oxygen atoms in total. The number of hydrogen-bond donors (Lipinski definition) is 3. The maximum Gasteiger partial charge on any atom is 0.261 e. The molecule has 0 saturated heterocycles. The van der Waals surface area contributed by atoms with Gasteiger partial charge in [0.15, 0.2) is 0 Å². The summed E-state index contributed by atoms with van der Waals surface area (Å²) in [6.07, 6.45) is 5.04. The van der Waals surface area contributed by atoms with Gasteiger partial charge in [-0.05, 0) is 52.3 Å². The van der Waals surface area contributed by atoms with Gasteiger partial charge in [0.25, 0.3) is 15.9 Å². The van der Waals surface area contributed by atoms with Crippen LogP contribution in [0.15, 0.2) is 51.8 Å². The van der Waals surface area contributed by atoms with Crippen molar-refractivity contribution in [2.45, 2.75) is 4.90 Å². The lowest BCUT2D eigenvalue weighted by Gasteiger charge is -2.11. The molecule has 2 aromatic carbocycles. The second-order valence-corrected chi connectivity index (χ2v) is 8.18. The molecule has 3 N–H and O–H groups in total. The largest absolute Gasteiger partial charge is 0.496 e. The highest BCUT2D eigenvalue weighted by atomic mass is 79.9. The lowest BCUT2D eigenvalue weighted by atomic mass is 10.2. The van der Waals surface area contributed by atoms with Crippen molar-refractivity contribution in [3.05, 3.63) is 52.5 Å². The number of halogens is 1. The van der Waals surface area contributed by atoms with Crippen molar-refractivity contribution < 1.29 is 22.7 Å². The lowest BCUT2D eigenvalue weighted by Crippen LogP contribution is -2.37. The molecule has 0 heterocycles. The van der Waals surface area contributed by atoms with Crippen LogP contribution in [-0.2, 0) is 14.8 Å². The number of terminal acetylenes is 1. The Balaban J connectivity index is 2.12. The Bertz CT molecular complexity index is 1060. The van der Waals surface area contributed by atoms with E-state index in [4.69, 9.17) is 11.2 Å². The molecule has 0 aromatic heterocycles. The number of ether oxygens (including phenoxy) is 1. The van der Waals surface area contributed by atoms with Gasteiger partial charge in [0.2, 0.25) is 5.91 Å². The molecule has 0 spiro atoms. The van der Waals surface area contributed by atoms with Gasteiger partial charge in [-0.3, -0.25) is 14.3 Å². The second-order valence-electron chi connectivity index (χ2n) is 5.65. The molecular weight excluding hydrogens is 462 g/mol. The summed E-state index contributed by atoms with van der Waals surface area (Å²) in [7, 11) is -2.44. The zero-order valence-corrected chi connectivity index (χ0v) is 17.8. The molecule has 10 heteroatoms. The van der Waals surface area contributed by atoms with E-state index < -0.39 is 21.8 Å². The third-order valence-corrected chi connectivity index (χ3v) is 5.61. The number of hydrogen-bond acceptors (Lipinski definition) is 5. The third kappa shape index (κ3) is 6.23. The minimum atomic E-state index is -3.94. The van der Waals surface area contributed by atoms with Crippen LogP contribution < -0.4 is 20.1 Å². The van der Waals surface area contributed by atoms with Gasteiger partial charge in [0, 0.05) is 5.56 Å². The molecule has 0 aliphatic heterocycles. The fourth-order valence-corrected chi connectivity index (χ4v) is 3.86. The summed E-state index contributed by atoms with van der Waals surface area (Å²) in [6.45, 7) is -0.231. The van der Waals surface area contributed by atoms with E-state index in [-0.39, 0.29) is 23.5 Å². The summed E-state index contributed by atoms with van der Waals surface area (Å²) < 4.78 is 33.4. The number of anilines is 1. The van der Waals surface area contributed by atoms with Crippen molar-refractivity contribution in [2.24, 2.45) is 0 Å². The highest BCUT2D eigenvalue weighted by Crippen LogP contribution is 2.28. The van der Waals surface area contributed by atoms with Crippen LogP contribution in [0.3, 0.4) is 0 Å². The maximum atomic E-state index is 12.7. The first-order chi connectivity index (χ1) is 13.8. The van der Waals surface area contributed by atoms with Crippen LogP contribution in [-0.4, -0.2) is 40.4 Å². The normalized spacial score (nSPS) is 10.5. The predicted molar refractivity (Wildman–Crippen MR) is 112 cm³/mol. The SMILES string of the molecule is C#CCNC(=O)CNC(=O)c1cccc(S(=O)(=O)Nc2ccc(OC)c(Br)c2)c1. The summed E-state index contributed by atoms with van der Waals surface area (Å²) >= 11 is 3.29. The lowest BCUT2D eigenvalue weighted by molar-refractivity contribution is -0.119. The minimum absolute atomic E-state index is 0.0512. The van der Waals surface area contributed by atoms with E-state index in [0.717, 1.165) is 0 Å². The zero-order chi connectivity index (χ0) is 21.4. The van der Waals surface area contributed by atoms with E-state index in [2.05, 4.69) is 37.2 Å². The van der Waals surface area contributed by atoms with Crippen LogP contribution in [0, 0.1) is 12.3 Å². The Morgan fingerprint density at radius 3 is 2.59 bits per heavy atom. The highest BCUT2D eigenvalue weighted by molar-refractivity contribution is 9.10. The summed E-state index contributed by atoms with van der Waals surface area (Å²) in [6, 6.07) is 10.2. The summed E-state index contributed by atoms with van der Waals surface area (Å²) in [5.41, 5.74) is 0.409. The molecule has 29 heavy (non-hydrogen) atoms. The number of benzene rings is 2. The van der Waals surface area contributed by atoms with Gasteiger partial charge in [-0.15, -0.1) is 6.42 Å². The maximum absolute atomic E-state index is 12.7. The van der Waals surface area contributed by atoms with Crippen LogP contribution in [0.5, 0.6) is 5.75 Å². The van der Waals surface area contributed by atoms with Gasteiger partial charge in [-0.1, -0.05) is 12.0 Å². The molecule has 0 aliphatic carbocycles. The molecule has 0 radical (unpaired) electrons. The van der Waals surface area contributed by atoms with Gasteiger partial charge >= 0.3 is 0 Å². The van der Waals surface area contributed by atoms with Crippen LogP contribution >= 0.6 is 15.9 Å². The van der Waals surface area contributed by atoms with Gasteiger partial charge in [0.05, 0.1) is 35.3 Å². The molecule has 0 aliphatic rings. The Morgan fingerprint density at radius 1 is 1.17 bits per heavy atom. The van der Waals surface area contributed by atoms with E-state index in [9.17, 15) is 18.0 Å². The van der Waals surface area contributed by atoms with Crippen molar-refractivity contribution in [2.75, 3.05) is 24.9 Å². The van der Waals surface area contributed by atoms with Gasteiger partial charge in [-0.25, -0.2) is 8.42 Å². The van der Waals surface area contributed by atoms with Crippen LogP contribution in [0.4, 0.5) is 5.69 Å². The molecule has 0 bridgehead atoms. The summed E-state index contributed by atoms with van der Waals surface area (Å²) in [5, 5.41) is 4.81. The van der Waals surface area contributed by atoms with Gasteiger partial charge in [-0.2, -0.15) is 0 Å². The number of carbonyl (C=O) groups excluding carboxylic acids is 2. The quantitative estimate of drug-likeness (QED) is 0.499. The first-order valence-electron chi connectivity index (χ1n) is 8.21. The van der Waals surface area contributed by atoms with Crippen LogP contribution in [0.2, 0.25) is 0 Å². The Hall–Kier alpha value is -3.03. The molecule has 0 unspecified atom stereocenters. The standard InChI is InChI=1S/C19H18BrN3O5S/c1-3-9-21-18(24)12-22-19(25)13-5-4-6-15(10-13)29(26,27)23-14-7-8-17(28-2)16(20)11-14/h1,4-8,10-11,23H,9,12H2,2H3,(H,21,24)(H,22,25). The van der Waals surface area contributed by atoms with E-state index in [1.165, 1.54) is 31.4 Å². The van der Waals surface area contributed by atoms with Gasteiger partial charge < -0.3 is 15.4 Å². The second kappa shape index (κ2) is 9.95. The summed E-state index contributed by atoms with van der Waals surface area (Å²) in [5.74, 6) is 1.75. The molecule has 0 atom stereocenters. The molecule has 2 aromatic rings. The highest BCUT2D eigenvalue weighted by Gasteiger charge is 2.17. The molecular formula is C19H18BrN3O5S. The van der Waals surface area contributed by atoms with Crippen molar-refractivity contribution in [3.63, 3.8) is 0 Å². The Morgan fingerprint density at radius 2 is 1.93 bits per heavy atom. The third-order valence-electron chi connectivity index (χ3n) is 3.61. The fraction of sp³-hybridized carbons (Fsp3) is 0.158. The Labute approximate surface area is 177 Å². The van der Waals surface area contributed by atoms with Gasteiger partial charge in [0.1, 0.15) is 5.75 Å². The average Bonchev–Trinajstić information content (AvgIpc) is 2.70. The van der Waals surface area contributed by atoms with E-state index in [0.29, 0.717) is 15.9 Å². The number of sulfonamides is 1. The molecule has 0 fully saturated rings. The fourth-order valence-electron chi connectivity index (χ4n) is 2.22. The molecule has 0 saturated carbocycles. The number of nitrogens with one attached hydrogen (secondary N) is 3. The summed E-state index contributed by atoms with van der Waals surface area (Å²) in [4.78, 5) is 23.6. The van der Waals surface area contributed by atoms with Crippen molar-refractivity contribution in [1.29, 1.82) is 0 Å². The molecule has 152 valence electrons.